The van der Waals surface area contributed by atoms with Gasteiger partial charge in [-0.15, -0.1) is 0 Å². The van der Waals surface area contributed by atoms with E-state index in [0.717, 1.165) is 81.6 Å². The minimum Gasteiger partial charge on any atom is -0.762 e. The van der Waals surface area contributed by atoms with Crippen LogP contribution in [-0.2, 0) is 18.3 Å². The predicted octanol–water partition coefficient (Wildman–Crippen LogP) is 21.5. The van der Waals surface area contributed by atoms with Crippen LogP contribution >= 0.6 is 30.4 Å². The number of hydrogen-bond donors (Lipinski definition) is 0. The molecule has 6 aliphatic rings. The number of rotatable bonds is 17. The Kier molecular flexibility index (Phi) is 23.8. The molecule has 0 amide bonds. The molecule has 0 saturated carbocycles. The quantitative estimate of drug-likeness (QED) is 0.0269. The van der Waals surface area contributed by atoms with Crippen LogP contribution in [-0.4, -0.2) is 44.3 Å². The second-order valence-electron chi connectivity index (χ2n) is 30.2. The van der Waals surface area contributed by atoms with Crippen molar-refractivity contribution < 1.29 is 59.0 Å². The molecule has 4 aliphatic heterocycles. The Morgan fingerprint density at radius 1 is 0.395 bits per heavy atom. The Balaban J connectivity index is 0.000000271. The first-order chi connectivity index (χ1) is 57.4. The van der Waals surface area contributed by atoms with Gasteiger partial charge in [-0.3, -0.25) is 0 Å². The molecule has 4 heterocycles. The second-order valence-corrected chi connectivity index (χ2v) is 37.7. The second kappa shape index (κ2) is 34.1. The van der Waals surface area contributed by atoms with E-state index in [2.05, 4.69) is 52.0 Å². The molecule has 598 valence electrons. The van der Waals surface area contributed by atoms with Crippen molar-refractivity contribution in [3.63, 3.8) is 0 Å². The van der Waals surface area contributed by atoms with E-state index in [0.29, 0.717) is 80.3 Å². The monoisotopic (exact) mass is 1650 g/mol. The van der Waals surface area contributed by atoms with Crippen molar-refractivity contribution in [3.05, 3.63) is 306 Å². The van der Waals surface area contributed by atoms with Gasteiger partial charge in [0.1, 0.15) is 102 Å². The van der Waals surface area contributed by atoms with E-state index >= 15 is 18.3 Å². The topological polar surface area (TPSA) is 290 Å². The largest absolute Gasteiger partial charge is 0.762 e. The summed E-state index contributed by atoms with van der Waals surface area (Å²) in [6.45, 7) is 14.2. The zero-order chi connectivity index (χ0) is 84.4. The van der Waals surface area contributed by atoms with Crippen molar-refractivity contribution in [2.75, 3.05) is 33.1 Å². The summed E-state index contributed by atoms with van der Waals surface area (Å²) in [4.78, 5) is 1.90. The molecule has 0 N–H and O–H groups in total. The van der Waals surface area contributed by atoms with Crippen LogP contribution in [0.1, 0.15) is 169 Å². The predicted molar refractivity (Wildman–Crippen MR) is 464 cm³/mol. The maximum Gasteiger partial charge on any atom is 0.462 e. The van der Waals surface area contributed by atoms with Gasteiger partial charge in [0.05, 0.1) is 26.8 Å². The molecule has 8 bridgehead atoms. The van der Waals surface area contributed by atoms with E-state index in [1.54, 1.807) is 151 Å². The third-order valence-corrected chi connectivity index (χ3v) is 29.4. The summed E-state index contributed by atoms with van der Waals surface area (Å²) in [5.74, 6) is 2.06. The van der Waals surface area contributed by atoms with Gasteiger partial charge in [-0.2, -0.15) is 26.3 Å². The molecule has 7 unspecified atom stereocenters. The van der Waals surface area contributed by atoms with Crippen LogP contribution < -0.4 is 62.3 Å². The minimum atomic E-state index is -4.48. The molecule has 0 spiro atoms. The van der Waals surface area contributed by atoms with Crippen molar-refractivity contribution in [2.45, 2.75) is 124 Å². The summed E-state index contributed by atoms with van der Waals surface area (Å²) in [5, 5.41) is 59.5. The molecule has 2 aliphatic carbocycles. The van der Waals surface area contributed by atoms with Crippen molar-refractivity contribution >= 4 is 74.4 Å². The summed E-state index contributed by atoms with van der Waals surface area (Å²) in [5.41, 5.74) is 8.53. The molecule has 15 rings (SSSR count). The highest BCUT2D eigenvalue weighted by Crippen LogP contribution is 2.68. The van der Waals surface area contributed by atoms with Crippen LogP contribution in [0.4, 0.5) is 5.69 Å². The van der Waals surface area contributed by atoms with Gasteiger partial charge in [0.15, 0.2) is 5.71 Å². The molecule has 24 heteroatoms. The SMILES string of the molecule is CCCC1c2cc3c4cc2OP(=O)(c2ccccc2)Oc2c1cc1c(c2C)OP(=O)(c2ccccc2)Oc2c(cc5c(c2C)O[P@@](=O)(c2ccccc2)Oc2c(cc(c(c2C)OP(=O)(c2ccccc2)O4)C3CCC)C5CCC)C1CCC.CN(C)c1ccc(C(=C2C=CC(=[N+](C)C)C=C2)C(=C(C#N)C#N)C(C(=C=[N-])C#N)=C(C#N)C#N)cc1. The molecule has 20 nitrogen and oxygen atoms in total. The normalized spacial score (nSPS) is 20.7. The van der Waals surface area contributed by atoms with Crippen LogP contribution in [0, 0.1) is 77.4 Å². The molecular weight excluding hydrogens is 1570 g/mol. The summed E-state index contributed by atoms with van der Waals surface area (Å²) in [6.07, 6.45) is 12.5. The van der Waals surface area contributed by atoms with Gasteiger partial charge >= 0.3 is 30.4 Å². The first-order valence-corrected chi connectivity index (χ1v) is 45.7. The molecule has 8 atom stereocenters. The smallest absolute Gasteiger partial charge is 0.462 e. The van der Waals surface area contributed by atoms with Crippen molar-refractivity contribution in [1.82, 2.24) is 0 Å². The molecule has 119 heavy (non-hydrogen) atoms. The number of benzene rings is 9. The Labute approximate surface area is 694 Å². The highest BCUT2D eigenvalue weighted by molar-refractivity contribution is 7.64. The number of nitriles is 5. The fourth-order valence-corrected chi connectivity index (χ4v) is 23.4. The molecular formula is C95H86N8O12P4. The van der Waals surface area contributed by atoms with Crippen LogP contribution in [0.3, 0.4) is 0 Å². The Hall–Kier alpha value is -12.6. The van der Waals surface area contributed by atoms with Crippen LogP contribution in [0.2, 0.25) is 0 Å². The first kappa shape index (κ1) is 82.9. The maximum atomic E-state index is 16.5. The summed E-state index contributed by atoms with van der Waals surface area (Å²) >= 11 is 0. The van der Waals surface area contributed by atoms with E-state index in [-0.39, 0.29) is 57.1 Å². The van der Waals surface area contributed by atoms with Crippen LogP contribution in [0.25, 0.3) is 11.0 Å². The molecule has 9 aromatic carbocycles. The highest BCUT2D eigenvalue weighted by atomic mass is 31.2. The molecule has 0 radical (unpaired) electrons. The highest BCUT2D eigenvalue weighted by Gasteiger charge is 2.49. The van der Waals surface area contributed by atoms with E-state index in [9.17, 15) is 31.7 Å². The number of anilines is 1. The van der Waals surface area contributed by atoms with Crippen molar-refractivity contribution in [1.29, 1.82) is 26.3 Å². The zero-order valence-electron chi connectivity index (χ0n) is 67.8. The zero-order valence-corrected chi connectivity index (χ0v) is 71.4. The van der Waals surface area contributed by atoms with Gasteiger partial charge in [-0.05, 0) is 160 Å². The van der Waals surface area contributed by atoms with Crippen LogP contribution in [0.5, 0.6) is 46.0 Å². The minimum absolute atomic E-state index is 0.133. The first-order valence-electron chi connectivity index (χ1n) is 39.5. The van der Waals surface area contributed by atoms with E-state index in [1.807, 2.05) is 119 Å². The maximum absolute atomic E-state index is 16.5. The lowest BCUT2D eigenvalue weighted by Crippen LogP contribution is -2.25. The Morgan fingerprint density at radius 3 is 0.966 bits per heavy atom. The van der Waals surface area contributed by atoms with Gasteiger partial charge in [-0.1, -0.05) is 138 Å². The lowest BCUT2D eigenvalue weighted by Gasteiger charge is -2.39. The fourth-order valence-electron chi connectivity index (χ4n) is 16.5. The van der Waals surface area contributed by atoms with Gasteiger partial charge in [0.2, 0.25) is 0 Å². The van der Waals surface area contributed by atoms with Crippen molar-refractivity contribution in [3.8, 4) is 76.3 Å². The average Bonchev–Trinajstić information content (AvgIpc) is 0.707. The lowest BCUT2D eigenvalue weighted by molar-refractivity contribution is -0.462. The number of nitrogens with zero attached hydrogens (tertiary/aromatic N) is 8. The van der Waals surface area contributed by atoms with Gasteiger partial charge < -0.3 is 46.5 Å². The van der Waals surface area contributed by atoms with E-state index in [1.165, 1.54) is 0 Å². The average molecular weight is 1660 g/mol. The third kappa shape index (κ3) is 15.3. The Bertz CT molecular complexity index is 6020. The van der Waals surface area contributed by atoms with Crippen molar-refractivity contribution in [2.24, 2.45) is 0 Å². The lowest BCUT2D eigenvalue weighted by atomic mass is 9.75. The van der Waals surface area contributed by atoms with E-state index in [4.69, 9.17) is 36.2 Å². The van der Waals surface area contributed by atoms with Crippen LogP contribution in [0.15, 0.2) is 234 Å². The number of allylic oxidation sites excluding steroid dienone is 11. The fraction of sp³-hybridized carbons (Fsp3) is 0.242. The summed E-state index contributed by atoms with van der Waals surface area (Å²) in [6, 6.07) is 61.7. The molecule has 0 fully saturated rings. The molecule has 0 aromatic heterocycles. The van der Waals surface area contributed by atoms with E-state index < -0.39 is 70.8 Å². The summed E-state index contributed by atoms with van der Waals surface area (Å²) in [7, 11) is -10.4. The standard InChI is InChI=1S/C67H66O12P4.C28H20N8/c1-8-24-48-52-36-53-49(25-9-2)55-38-57-51(27-11-4)59-39-58-50(26-10-3)56-37-54(48)62-41(5)64(56)76-82(70,46-32-20-14-21-33-46)78-66(58)43(7)67(59)79-83(71,47-34-22-15-23-35-47)77-65(57)42(6)63(55)75-81(69,45-30-18-13-19-31-45)73-61(53)40-60(52)72-80(68,74-62)44-28-16-12-17-29-44;1-35(2)24-9-5-19(6-10-24)26(20-7-11-25(12-8-20)36(3)4)28(23(17-33)18-34)27(21(13-29)14-30)22(15-31)16-32/h12-23,28-40,48-51H,8-11,24-27H2,1-7H3;5-12H,1-4H3/t48?,49?,50?,51?,80?,81?,82-,83?;/m1./s1. The van der Waals surface area contributed by atoms with Gasteiger partial charge in [-0.25, -0.2) is 28.7 Å². The molecule has 9 aromatic rings. The van der Waals surface area contributed by atoms with Gasteiger partial charge in [0, 0.05) is 134 Å². The van der Waals surface area contributed by atoms with Gasteiger partial charge in [0.25, 0.3) is 0 Å². The summed E-state index contributed by atoms with van der Waals surface area (Å²) < 4.78 is 125. The third-order valence-electron chi connectivity index (χ3n) is 22.3. The number of hydrogen-bond acceptors (Lipinski definition) is 18. The Morgan fingerprint density at radius 2 is 0.689 bits per heavy atom. The molecule has 0 saturated heterocycles.